The van der Waals surface area contributed by atoms with Gasteiger partial charge in [-0.1, -0.05) is 42.8 Å². The van der Waals surface area contributed by atoms with Crippen molar-refractivity contribution in [1.29, 1.82) is 0 Å². The summed E-state index contributed by atoms with van der Waals surface area (Å²) in [7, 11) is 0. The number of benzene rings is 1. The van der Waals surface area contributed by atoms with E-state index in [1.807, 2.05) is 0 Å². The van der Waals surface area contributed by atoms with Gasteiger partial charge in [0, 0.05) is 45.3 Å². The van der Waals surface area contributed by atoms with E-state index in [1.165, 1.54) is 24.2 Å². The lowest BCUT2D eigenvalue weighted by Gasteiger charge is -2.34. The summed E-state index contributed by atoms with van der Waals surface area (Å²) in [6.07, 6.45) is 0. The Morgan fingerprint density at radius 2 is 1.68 bits per heavy atom. The molecule has 1 fully saturated rings. The molecule has 0 aliphatic carbocycles. The van der Waals surface area contributed by atoms with Crippen LogP contribution in [0.1, 0.15) is 18.1 Å². The molecule has 0 saturated carbocycles. The van der Waals surface area contributed by atoms with E-state index < -0.39 is 0 Å². The molecule has 3 N–H and O–H groups in total. The number of nitrogens with zero attached hydrogens (tertiary/aromatic N) is 4. The first-order chi connectivity index (χ1) is 12.1. The van der Waals surface area contributed by atoms with E-state index in [4.69, 9.17) is 17.3 Å². The molecule has 7 heteroatoms. The van der Waals surface area contributed by atoms with Gasteiger partial charge < -0.3 is 16.0 Å². The first-order valence-corrected chi connectivity index (χ1v) is 9.06. The van der Waals surface area contributed by atoms with E-state index in [0.29, 0.717) is 17.5 Å². The van der Waals surface area contributed by atoms with Gasteiger partial charge in [0.1, 0.15) is 11.0 Å². The van der Waals surface area contributed by atoms with Gasteiger partial charge in [0.15, 0.2) is 0 Å². The third-order valence-corrected chi connectivity index (χ3v) is 4.72. The van der Waals surface area contributed by atoms with Crippen molar-refractivity contribution in [2.45, 2.75) is 20.0 Å². The lowest BCUT2D eigenvalue weighted by atomic mass is 10.1. The summed E-state index contributed by atoms with van der Waals surface area (Å²) in [5.41, 5.74) is 8.14. The number of likely N-dealkylation sites (N-methyl/N-ethyl adjacent to an activating group) is 1. The predicted octanol–water partition coefficient (Wildman–Crippen LogP) is 2.46. The molecular formula is C18H25ClN6. The zero-order valence-corrected chi connectivity index (χ0v) is 15.3. The van der Waals surface area contributed by atoms with Crippen molar-refractivity contribution < 1.29 is 0 Å². The van der Waals surface area contributed by atoms with Crippen LogP contribution in [0.25, 0.3) is 0 Å². The number of aromatic nitrogens is 2. The normalized spacial score (nSPS) is 16.1. The molecule has 0 amide bonds. The number of nitrogens with two attached hydrogens (primary N) is 1. The molecular weight excluding hydrogens is 336 g/mol. The van der Waals surface area contributed by atoms with Crippen molar-refractivity contribution in [3.05, 3.63) is 46.6 Å². The Hall–Kier alpha value is -1.89. The molecule has 0 bridgehead atoms. The summed E-state index contributed by atoms with van der Waals surface area (Å²) in [4.78, 5) is 13.0. The summed E-state index contributed by atoms with van der Waals surface area (Å²) in [6.45, 7) is 9.70. The molecule has 0 atom stereocenters. The summed E-state index contributed by atoms with van der Waals surface area (Å²) in [5, 5.41) is 3.56. The molecule has 1 aliphatic rings. The average Bonchev–Trinajstić information content (AvgIpc) is 2.61. The van der Waals surface area contributed by atoms with Crippen LogP contribution in [0.2, 0.25) is 5.15 Å². The fourth-order valence-corrected chi connectivity index (χ4v) is 3.19. The zero-order chi connectivity index (χ0) is 17.6. The minimum atomic E-state index is 0.175. The fraction of sp³-hybridized carbons (Fsp3) is 0.444. The van der Waals surface area contributed by atoms with Crippen LogP contribution in [-0.2, 0) is 13.1 Å². The molecule has 0 unspecified atom stereocenters. The van der Waals surface area contributed by atoms with Crippen LogP contribution in [0.15, 0.2) is 30.3 Å². The Morgan fingerprint density at radius 1 is 1.04 bits per heavy atom. The second kappa shape index (κ2) is 8.47. The van der Waals surface area contributed by atoms with Gasteiger partial charge in [-0.15, -0.1) is 0 Å². The molecule has 3 rings (SSSR count). The minimum absolute atomic E-state index is 0.175. The maximum absolute atomic E-state index is 5.88. The summed E-state index contributed by atoms with van der Waals surface area (Å²) in [5.74, 6) is 0.809. The van der Waals surface area contributed by atoms with Gasteiger partial charge >= 0.3 is 0 Å². The number of anilines is 2. The first-order valence-electron chi connectivity index (χ1n) is 8.69. The van der Waals surface area contributed by atoms with Crippen molar-refractivity contribution in [2.24, 2.45) is 0 Å². The van der Waals surface area contributed by atoms with Gasteiger partial charge in [-0.2, -0.15) is 4.98 Å². The Labute approximate surface area is 154 Å². The lowest BCUT2D eigenvalue weighted by molar-refractivity contribution is 0.132. The molecule has 0 radical (unpaired) electrons. The standard InChI is InChI=1S/C18H25ClN6/c1-2-24-7-9-25(10-8-24)13-15-5-3-14(4-6-15)12-21-17-11-16(19)22-18(20)23-17/h3-6,11H,2,7-10,12-13H2,1H3,(H3,20,21,22,23). The monoisotopic (exact) mass is 360 g/mol. The van der Waals surface area contributed by atoms with Crippen LogP contribution >= 0.6 is 11.6 Å². The summed E-state index contributed by atoms with van der Waals surface area (Å²) in [6, 6.07) is 10.4. The highest BCUT2D eigenvalue weighted by Crippen LogP contribution is 2.15. The fourth-order valence-electron chi connectivity index (χ4n) is 3.00. The second-order valence-electron chi connectivity index (χ2n) is 6.31. The molecule has 6 nitrogen and oxygen atoms in total. The largest absolute Gasteiger partial charge is 0.368 e. The van der Waals surface area contributed by atoms with E-state index in [-0.39, 0.29) is 5.95 Å². The van der Waals surface area contributed by atoms with Gasteiger partial charge in [-0.3, -0.25) is 4.90 Å². The maximum atomic E-state index is 5.88. The highest BCUT2D eigenvalue weighted by molar-refractivity contribution is 6.29. The minimum Gasteiger partial charge on any atom is -0.368 e. The number of piperazine rings is 1. The van der Waals surface area contributed by atoms with E-state index in [1.54, 1.807) is 6.07 Å². The van der Waals surface area contributed by atoms with Crippen molar-refractivity contribution in [2.75, 3.05) is 43.8 Å². The third kappa shape index (κ3) is 5.29. The van der Waals surface area contributed by atoms with E-state index >= 15 is 0 Å². The van der Waals surface area contributed by atoms with E-state index in [0.717, 1.165) is 26.2 Å². The maximum Gasteiger partial charge on any atom is 0.223 e. The van der Waals surface area contributed by atoms with Crippen LogP contribution in [0, 0.1) is 0 Å². The number of nitrogens with one attached hydrogen (secondary N) is 1. The quantitative estimate of drug-likeness (QED) is 0.771. The molecule has 1 aromatic heterocycles. The number of nitrogen functional groups attached to an aromatic ring is 1. The van der Waals surface area contributed by atoms with E-state index in [2.05, 4.69) is 56.3 Å². The third-order valence-electron chi connectivity index (χ3n) is 4.53. The van der Waals surface area contributed by atoms with E-state index in [9.17, 15) is 0 Å². The Kier molecular flexibility index (Phi) is 6.07. The number of hydrogen-bond acceptors (Lipinski definition) is 6. The number of hydrogen-bond donors (Lipinski definition) is 2. The van der Waals surface area contributed by atoms with Crippen molar-refractivity contribution in [1.82, 2.24) is 19.8 Å². The smallest absolute Gasteiger partial charge is 0.223 e. The van der Waals surface area contributed by atoms with Crippen LogP contribution < -0.4 is 11.1 Å². The molecule has 134 valence electrons. The Balaban J connectivity index is 1.50. The zero-order valence-electron chi connectivity index (χ0n) is 14.6. The van der Waals surface area contributed by atoms with Crippen LogP contribution in [0.5, 0.6) is 0 Å². The van der Waals surface area contributed by atoms with Crippen molar-refractivity contribution >= 4 is 23.4 Å². The van der Waals surface area contributed by atoms with Crippen molar-refractivity contribution in [3.8, 4) is 0 Å². The van der Waals surface area contributed by atoms with Gasteiger partial charge in [0.05, 0.1) is 0 Å². The molecule has 2 heterocycles. The van der Waals surface area contributed by atoms with Crippen molar-refractivity contribution in [3.63, 3.8) is 0 Å². The molecule has 1 aromatic carbocycles. The molecule has 0 spiro atoms. The summed E-state index contributed by atoms with van der Waals surface area (Å²) < 4.78 is 0. The van der Waals surface area contributed by atoms with Gasteiger partial charge in [0.2, 0.25) is 5.95 Å². The molecule has 1 aliphatic heterocycles. The average molecular weight is 361 g/mol. The van der Waals surface area contributed by atoms with Gasteiger partial charge in [-0.25, -0.2) is 4.98 Å². The highest BCUT2D eigenvalue weighted by Gasteiger charge is 2.15. The van der Waals surface area contributed by atoms with Crippen LogP contribution in [-0.4, -0.2) is 52.5 Å². The first kappa shape index (κ1) is 17.9. The second-order valence-corrected chi connectivity index (χ2v) is 6.70. The number of rotatable bonds is 6. The van der Waals surface area contributed by atoms with Crippen LogP contribution in [0.4, 0.5) is 11.8 Å². The van der Waals surface area contributed by atoms with Crippen LogP contribution in [0.3, 0.4) is 0 Å². The topological polar surface area (TPSA) is 70.3 Å². The Morgan fingerprint density at radius 3 is 2.32 bits per heavy atom. The molecule has 25 heavy (non-hydrogen) atoms. The summed E-state index contributed by atoms with van der Waals surface area (Å²) >= 11 is 5.88. The predicted molar refractivity (Wildman–Crippen MR) is 103 cm³/mol. The van der Waals surface area contributed by atoms with Gasteiger partial charge in [0.25, 0.3) is 0 Å². The SMILES string of the molecule is CCN1CCN(Cc2ccc(CNc3cc(Cl)nc(N)n3)cc2)CC1. The lowest BCUT2D eigenvalue weighted by Crippen LogP contribution is -2.45. The number of halogens is 1. The Bertz CT molecular complexity index is 662. The molecule has 2 aromatic rings. The highest BCUT2D eigenvalue weighted by atomic mass is 35.5. The van der Waals surface area contributed by atoms with Gasteiger partial charge in [-0.05, 0) is 17.7 Å². The molecule has 1 saturated heterocycles.